The largest absolute Gasteiger partial charge is 0.326 e. The van der Waals surface area contributed by atoms with Crippen LogP contribution in [-0.4, -0.2) is 40.5 Å². The molecule has 1 aromatic carbocycles. The standard InChI is InChI=1S/C15H27N3O2S/c1-12-6-7-14(8-13(12)9-16)21(19,20)17-10-15(2,3)11-18(4)5/h6-8,17H,9-11,16H2,1-5H3. The lowest BCUT2D eigenvalue weighted by Crippen LogP contribution is -2.39. The summed E-state index contributed by atoms with van der Waals surface area (Å²) in [5, 5.41) is 0. The first kappa shape index (κ1) is 18.1. The predicted octanol–water partition coefficient (Wildman–Crippen LogP) is 1.32. The van der Waals surface area contributed by atoms with Crippen molar-refractivity contribution >= 4 is 10.0 Å². The predicted molar refractivity (Wildman–Crippen MR) is 86.6 cm³/mol. The molecule has 120 valence electrons. The molecule has 1 aromatic rings. The van der Waals surface area contributed by atoms with Crippen LogP contribution in [0.5, 0.6) is 0 Å². The fourth-order valence-corrected chi connectivity index (χ4v) is 3.61. The molecule has 0 spiro atoms. The third kappa shape index (κ3) is 5.39. The molecule has 0 aliphatic carbocycles. The number of benzene rings is 1. The van der Waals surface area contributed by atoms with E-state index < -0.39 is 10.0 Å². The Labute approximate surface area is 128 Å². The SMILES string of the molecule is Cc1ccc(S(=O)(=O)NCC(C)(C)CN(C)C)cc1CN. The molecular formula is C15H27N3O2S. The molecule has 0 aromatic heterocycles. The van der Waals surface area contributed by atoms with Crippen molar-refractivity contribution in [1.82, 2.24) is 9.62 Å². The molecule has 21 heavy (non-hydrogen) atoms. The van der Waals surface area contributed by atoms with Crippen molar-refractivity contribution in [2.45, 2.75) is 32.2 Å². The van der Waals surface area contributed by atoms with E-state index in [-0.39, 0.29) is 10.3 Å². The number of nitrogens with one attached hydrogen (secondary N) is 1. The first-order valence-electron chi connectivity index (χ1n) is 7.01. The molecule has 6 heteroatoms. The summed E-state index contributed by atoms with van der Waals surface area (Å²) >= 11 is 0. The average molecular weight is 313 g/mol. The van der Waals surface area contributed by atoms with E-state index >= 15 is 0 Å². The fraction of sp³-hybridized carbons (Fsp3) is 0.600. The van der Waals surface area contributed by atoms with Crippen molar-refractivity contribution in [3.63, 3.8) is 0 Å². The Kier molecular flexibility index (Phi) is 5.92. The van der Waals surface area contributed by atoms with Gasteiger partial charge in [0.25, 0.3) is 0 Å². The maximum Gasteiger partial charge on any atom is 0.240 e. The van der Waals surface area contributed by atoms with E-state index in [1.54, 1.807) is 18.2 Å². The van der Waals surface area contributed by atoms with Gasteiger partial charge in [-0.3, -0.25) is 0 Å². The highest BCUT2D eigenvalue weighted by Crippen LogP contribution is 2.18. The van der Waals surface area contributed by atoms with Crippen LogP contribution < -0.4 is 10.5 Å². The molecule has 0 fully saturated rings. The lowest BCUT2D eigenvalue weighted by molar-refractivity contribution is 0.242. The molecule has 0 bridgehead atoms. The van der Waals surface area contributed by atoms with Crippen LogP contribution in [0.1, 0.15) is 25.0 Å². The molecule has 3 N–H and O–H groups in total. The normalized spacial score (nSPS) is 12.9. The van der Waals surface area contributed by atoms with Crippen molar-refractivity contribution in [3.8, 4) is 0 Å². The van der Waals surface area contributed by atoms with Crippen LogP contribution in [0.2, 0.25) is 0 Å². The summed E-state index contributed by atoms with van der Waals surface area (Å²) in [4.78, 5) is 2.32. The average Bonchev–Trinajstić information content (AvgIpc) is 2.35. The summed E-state index contributed by atoms with van der Waals surface area (Å²) in [5.41, 5.74) is 7.36. The van der Waals surface area contributed by atoms with Gasteiger partial charge in [0, 0.05) is 19.6 Å². The third-order valence-corrected chi connectivity index (χ3v) is 4.73. The highest BCUT2D eigenvalue weighted by atomic mass is 32.2. The Morgan fingerprint density at radius 3 is 2.43 bits per heavy atom. The Morgan fingerprint density at radius 2 is 1.90 bits per heavy atom. The van der Waals surface area contributed by atoms with E-state index in [0.29, 0.717) is 13.1 Å². The van der Waals surface area contributed by atoms with Gasteiger partial charge in [-0.1, -0.05) is 19.9 Å². The van der Waals surface area contributed by atoms with Gasteiger partial charge in [-0.25, -0.2) is 13.1 Å². The van der Waals surface area contributed by atoms with Crippen molar-refractivity contribution < 1.29 is 8.42 Å². The Bertz CT molecular complexity index is 581. The summed E-state index contributed by atoms with van der Waals surface area (Å²) in [7, 11) is 0.449. The molecule has 0 aliphatic heterocycles. The first-order valence-corrected chi connectivity index (χ1v) is 8.50. The lowest BCUT2D eigenvalue weighted by Gasteiger charge is -2.28. The zero-order valence-electron chi connectivity index (χ0n) is 13.6. The highest BCUT2D eigenvalue weighted by molar-refractivity contribution is 7.89. The molecule has 0 radical (unpaired) electrons. The minimum absolute atomic E-state index is 0.141. The number of hydrogen-bond donors (Lipinski definition) is 2. The molecule has 0 amide bonds. The number of sulfonamides is 1. The van der Waals surface area contributed by atoms with Crippen LogP contribution in [0.15, 0.2) is 23.1 Å². The topological polar surface area (TPSA) is 75.4 Å². The molecule has 1 rings (SSSR count). The first-order chi connectivity index (χ1) is 9.57. The molecule has 0 saturated heterocycles. The van der Waals surface area contributed by atoms with Crippen LogP contribution in [0, 0.1) is 12.3 Å². The number of nitrogens with zero attached hydrogens (tertiary/aromatic N) is 1. The second-order valence-corrected chi connectivity index (χ2v) is 8.29. The zero-order chi connectivity index (χ0) is 16.3. The van der Waals surface area contributed by atoms with E-state index in [9.17, 15) is 8.42 Å². The molecular weight excluding hydrogens is 286 g/mol. The molecule has 5 nitrogen and oxygen atoms in total. The van der Waals surface area contributed by atoms with Gasteiger partial charge in [0.15, 0.2) is 0 Å². The van der Waals surface area contributed by atoms with Crippen LogP contribution >= 0.6 is 0 Å². The minimum Gasteiger partial charge on any atom is -0.326 e. The molecule has 0 heterocycles. The lowest BCUT2D eigenvalue weighted by atomic mass is 9.93. The molecule has 0 aliphatic rings. The smallest absolute Gasteiger partial charge is 0.240 e. The van der Waals surface area contributed by atoms with E-state index in [4.69, 9.17) is 5.73 Å². The monoisotopic (exact) mass is 313 g/mol. The number of hydrogen-bond acceptors (Lipinski definition) is 4. The van der Waals surface area contributed by atoms with Gasteiger partial charge in [-0.2, -0.15) is 0 Å². The Hall–Kier alpha value is -0.950. The maximum absolute atomic E-state index is 12.4. The van der Waals surface area contributed by atoms with Crippen molar-refractivity contribution in [2.75, 3.05) is 27.2 Å². The van der Waals surface area contributed by atoms with Gasteiger partial charge in [0.1, 0.15) is 0 Å². The van der Waals surface area contributed by atoms with Crippen LogP contribution in [0.4, 0.5) is 0 Å². The van der Waals surface area contributed by atoms with Gasteiger partial charge in [-0.05, 0) is 49.7 Å². The minimum atomic E-state index is -3.50. The molecule has 0 unspecified atom stereocenters. The van der Waals surface area contributed by atoms with Crippen LogP contribution in [-0.2, 0) is 16.6 Å². The second kappa shape index (κ2) is 6.87. The fourth-order valence-electron chi connectivity index (χ4n) is 2.32. The second-order valence-electron chi connectivity index (χ2n) is 6.52. The summed E-state index contributed by atoms with van der Waals surface area (Å²) < 4.78 is 27.5. The van der Waals surface area contributed by atoms with E-state index in [0.717, 1.165) is 17.7 Å². The van der Waals surface area contributed by atoms with Crippen molar-refractivity contribution in [1.29, 1.82) is 0 Å². The molecule has 0 saturated carbocycles. The number of rotatable bonds is 7. The molecule has 0 atom stereocenters. The Morgan fingerprint density at radius 1 is 1.29 bits per heavy atom. The van der Waals surface area contributed by atoms with Gasteiger partial charge in [0.2, 0.25) is 10.0 Å². The number of nitrogens with two attached hydrogens (primary N) is 1. The van der Waals surface area contributed by atoms with Gasteiger partial charge >= 0.3 is 0 Å². The highest BCUT2D eigenvalue weighted by Gasteiger charge is 2.23. The van der Waals surface area contributed by atoms with E-state index in [2.05, 4.69) is 4.72 Å². The van der Waals surface area contributed by atoms with Gasteiger partial charge in [-0.15, -0.1) is 0 Å². The van der Waals surface area contributed by atoms with Crippen molar-refractivity contribution in [2.24, 2.45) is 11.1 Å². The summed E-state index contributed by atoms with van der Waals surface area (Å²) in [6.07, 6.45) is 0. The van der Waals surface area contributed by atoms with Crippen molar-refractivity contribution in [3.05, 3.63) is 29.3 Å². The third-order valence-electron chi connectivity index (χ3n) is 3.34. The maximum atomic E-state index is 12.4. The van der Waals surface area contributed by atoms with E-state index in [1.165, 1.54) is 0 Å². The quantitative estimate of drug-likeness (QED) is 0.796. The summed E-state index contributed by atoms with van der Waals surface area (Å²) in [5.74, 6) is 0. The Balaban J connectivity index is 2.87. The summed E-state index contributed by atoms with van der Waals surface area (Å²) in [6, 6.07) is 5.06. The van der Waals surface area contributed by atoms with Gasteiger partial charge < -0.3 is 10.6 Å². The number of aryl methyl sites for hydroxylation is 1. The van der Waals surface area contributed by atoms with E-state index in [1.807, 2.05) is 39.8 Å². The zero-order valence-corrected chi connectivity index (χ0v) is 14.4. The van der Waals surface area contributed by atoms with Crippen LogP contribution in [0.3, 0.4) is 0 Å². The van der Waals surface area contributed by atoms with Crippen LogP contribution in [0.25, 0.3) is 0 Å². The van der Waals surface area contributed by atoms with Gasteiger partial charge in [0.05, 0.1) is 4.90 Å². The summed E-state index contributed by atoms with van der Waals surface area (Å²) in [6.45, 7) is 7.52.